The van der Waals surface area contributed by atoms with E-state index >= 15 is 0 Å². The van der Waals surface area contributed by atoms with E-state index in [2.05, 4.69) is 31.3 Å². The van der Waals surface area contributed by atoms with Gasteiger partial charge in [0.2, 0.25) is 5.91 Å². The molecule has 3 N–H and O–H groups in total. The quantitative estimate of drug-likeness (QED) is 0.0321. The van der Waals surface area contributed by atoms with Gasteiger partial charge in [-0.25, -0.2) is 0 Å². The third-order valence-corrected chi connectivity index (χ3v) is 13.3. The minimum atomic E-state index is -0.675. The van der Waals surface area contributed by atoms with E-state index in [9.17, 15) is 19.8 Å². The first-order valence-electron chi connectivity index (χ1n) is 28.4. The van der Waals surface area contributed by atoms with E-state index in [0.29, 0.717) is 25.9 Å². The Morgan fingerprint density at radius 2 is 0.746 bits per heavy atom. The summed E-state index contributed by atoms with van der Waals surface area (Å²) in [6, 6.07) is -0.553. The van der Waals surface area contributed by atoms with E-state index in [4.69, 9.17) is 4.74 Å². The molecule has 0 aromatic rings. The lowest BCUT2D eigenvalue weighted by Crippen LogP contribution is -2.45. The van der Waals surface area contributed by atoms with E-state index in [1.165, 1.54) is 225 Å². The van der Waals surface area contributed by atoms with Gasteiger partial charge in [0, 0.05) is 12.8 Å². The number of aliphatic hydroxyl groups is 2. The molecule has 0 heterocycles. The summed E-state index contributed by atoms with van der Waals surface area (Å²) in [5.41, 5.74) is 0. The molecule has 63 heavy (non-hydrogen) atoms. The average Bonchev–Trinajstić information content (AvgIpc) is 3.28. The predicted molar refractivity (Wildman–Crippen MR) is 273 cm³/mol. The molecule has 0 rings (SSSR count). The number of hydrogen-bond acceptors (Lipinski definition) is 5. The molecule has 0 saturated heterocycles. The molecule has 0 fully saturated rings. The van der Waals surface area contributed by atoms with Gasteiger partial charge in [0.05, 0.1) is 25.4 Å². The maximum absolute atomic E-state index is 12.5. The predicted octanol–water partition coefficient (Wildman–Crippen LogP) is 17.3. The lowest BCUT2D eigenvalue weighted by atomic mass is 10.0. The average molecular weight is 891 g/mol. The summed E-state index contributed by atoms with van der Waals surface area (Å²) >= 11 is 0. The van der Waals surface area contributed by atoms with Crippen molar-refractivity contribution in [3.8, 4) is 0 Å². The zero-order valence-electron chi connectivity index (χ0n) is 42.6. The second kappa shape index (κ2) is 53.2. The zero-order valence-corrected chi connectivity index (χ0v) is 42.6. The second-order valence-corrected chi connectivity index (χ2v) is 19.6. The number of hydrogen-bond donors (Lipinski definition) is 3. The number of nitrogens with one attached hydrogen (secondary N) is 1. The first-order chi connectivity index (χ1) is 31.0. The molecule has 0 aromatic carbocycles. The monoisotopic (exact) mass is 890 g/mol. The molecule has 0 spiro atoms. The minimum Gasteiger partial charge on any atom is -0.466 e. The van der Waals surface area contributed by atoms with Gasteiger partial charge in [-0.15, -0.1) is 0 Å². The van der Waals surface area contributed by atoms with E-state index in [1.54, 1.807) is 0 Å². The van der Waals surface area contributed by atoms with E-state index in [0.717, 1.165) is 57.8 Å². The summed E-state index contributed by atoms with van der Waals surface area (Å²) in [7, 11) is 0. The number of esters is 1. The zero-order chi connectivity index (χ0) is 45.8. The molecule has 1 amide bonds. The minimum absolute atomic E-state index is 0.0183. The van der Waals surface area contributed by atoms with Crippen LogP contribution in [0, 0.1) is 0 Å². The van der Waals surface area contributed by atoms with Crippen LogP contribution >= 0.6 is 0 Å². The molecular formula is C57H111NO5. The number of carbonyl (C=O) groups excluding carboxylic acids is 2. The van der Waals surface area contributed by atoms with Crippen molar-refractivity contribution >= 4 is 11.9 Å². The third-order valence-electron chi connectivity index (χ3n) is 13.3. The molecule has 6 heteroatoms. The highest BCUT2D eigenvalue weighted by molar-refractivity contribution is 5.76. The van der Waals surface area contributed by atoms with Crippen LogP contribution in [0.3, 0.4) is 0 Å². The van der Waals surface area contributed by atoms with Crippen molar-refractivity contribution in [2.24, 2.45) is 0 Å². The largest absolute Gasteiger partial charge is 0.466 e. The Morgan fingerprint density at radius 3 is 1.16 bits per heavy atom. The fourth-order valence-electron chi connectivity index (χ4n) is 8.93. The SMILES string of the molecule is CCCCC/C=C\CCCCCCCC(=O)OCCCCCCCCCCCCCCC(=O)NC(CO)C(O)CCCCCCCCCCCCCCCCCCCCCCCC. The number of unbranched alkanes of at least 4 members (excludes halogenated alkanes) is 40. The Morgan fingerprint density at radius 1 is 0.429 bits per heavy atom. The normalized spacial score (nSPS) is 12.6. The second-order valence-electron chi connectivity index (χ2n) is 19.6. The van der Waals surface area contributed by atoms with Gasteiger partial charge in [-0.2, -0.15) is 0 Å². The number of allylic oxidation sites excluding steroid dienone is 2. The number of ether oxygens (including phenoxy) is 1. The van der Waals surface area contributed by atoms with Crippen LogP contribution in [0.25, 0.3) is 0 Å². The van der Waals surface area contributed by atoms with Crippen LogP contribution < -0.4 is 5.32 Å². The Kier molecular flexibility index (Phi) is 52.0. The summed E-state index contributed by atoms with van der Waals surface area (Å²) in [5.74, 6) is -0.0660. The van der Waals surface area contributed by atoms with Gasteiger partial charge in [0.25, 0.3) is 0 Å². The van der Waals surface area contributed by atoms with Crippen LogP contribution in [0.2, 0.25) is 0 Å². The number of carbonyl (C=O) groups is 2. The summed E-state index contributed by atoms with van der Waals surface area (Å²) in [4.78, 5) is 24.5. The smallest absolute Gasteiger partial charge is 0.305 e. The lowest BCUT2D eigenvalue weighted by molar-refractivity contribution is -0.143. The highest BCUT2D eigenvalue weighted by atomic mass is 16.5. The van der Waals surface area contributed by atoms with E-state index in [-0.39, 0.29) is 18.5 Å². The molecule has 2 unspecified atom stereocenters. The number of aliphatic hydroxyl groups excluding tert-OH is 2. The van der Waals surface area contributed by atoms with Crippen molar-refractivity contribution in [2.75, 3.05) is 13.2 Å². The fourth-order valence-corrected chi connectivity index (χ4v) is 8.93. The molecule has 0 aliphatic heterocycles. The highest BCUT2D eigenvalue weighted by Gasteiger charge is 2.20. The summed E-state index contributed by atoms with van der Waals surface area (Å²) < 4.78 is 5.45. The van der Waals surface area contributed by atoms with Gasteiger partial charge in [0.15, 0.2) is 0 Å². The molecule has 374 valence electrons. The molecule has 0 aliphatic rings. The molecule has 0 saturated carbocycles. The van der Waals surface area contributed by atoms with Gasteiger partial charge in [-0.05, 0) is 51.4 Å². The van der Waals surface area contributed by atoms with Crippen molar-refractivity contribution < 1.29 is 24.5 Å². The van der Waals surface area contributed by atoms with Crippen LogP contribution in [-0.4, -0.2) is 47.4 Å². The van der Waals surface area contributed by atoms with Crippen LogP contribution in [0.4, 0.5) is 0 Å². The molecule has 6 nitrogen and oxygen atoms in total. The van der Waals surface area contributed by atoms with Gasteiger partial charge in [-0.1, -0.05) is 264 Å². The Labute approximate surface area is 393 Å². The Bertz CT molecular complexity index is 939. The Balaban J connectivity index is 3.45. The van der Waals surface area contributed by atoms with Crippen molar-refractivity contribution in [3.05, 3.63) is 12.2 Å². The third kappa shape index (κ3) is 49.9. The van der Waals surface area contributed by atoms with Crippen molar-refractivity contribution in [3.63, 3.8) is 0 Å². The fraction of sp³-hybridized carbons (Fsp3) is 0.930. The van der Waals surface area contributed by atoms with Crippen LogP contribution in [0.5, 0.6) is 0 Å². The molecule has 0 bridgehead atoms. The molecule has 0 aromatic heterocycles. The van der Waals surface area contributed by atoms with Crippen LogP contribution in [0.15, 0.2) is 12.2 Å². The Hall–Kier alpha value is -1.40. The molecular weight excluding hydrogens is 779 g/mol. The lowest BCUT2D eigenvalue weighted by Gasteiger charge is -2.22. The van der Waals surface area contributed by atoms with Gasteiger partial charge in [0.1, 0.15) is 0 Å². The summed E-state index contributed by atoms with van der Waals surface area (Å²) in [6.07, 6.45) is 61.9. The van der Waals surface area contributed by atoms with Gasteiger partial charge in [-0.3, -0.25) is 9.59 Å². The first kappa shape index (κ1) is 61.6. The maximum Gasteiger partial charge on any atom is 0.305 e. The standard InChI is InChI=1S/C57H111NO5/c1-3-5-7-9-11-13-15-17-18-19-20-21-22-23-24-25-26-29-33-37-41-45-49-55(60)54(53-59)58-56(61)50-46-42-38-34-30-27-28-32-36-40-44-48-52-63-57(62)51-47-43-39-35-31-16-14-12-10-8-6-4-2/h12,14,54-55,59-60H,3-11,13,15-53H2,1-2H3,(H,58,61)/b14-12-. The summed E-state index contributed by atoms with van der Waals surface area (Å²) in [5, 5.41) is 23.3. The van der Waals surface area contributed by atoms with Gasteiger partial charge >= 0.3 is 5.97 Å². The summed E-state index contributed by atoms with van der Waals surface area (Å²) in [6.45, 7) is 4.91. The van der Waals surface area contributed by atoms with E-state index < -0.39 is 12.1 Å². The maximum atomic E-state index is 12.5. The van der Waals surface area contributed by atoms with E-state index in [1.807, 2.05) is 0 Å². The number of amides is 1. The topological polar surface area (TPSA) is 95.9 Å². The van der Waals surface area contributed by atoms with Crippen LogP contribution in [0.1, 0.15) is 316 Å². The molecule has 0 aliphatic carbocycles. The highest BCUT2D eigenvalue weighted by Crippen LogP contribution is 2.17. The van der Waals surface area contributed by atoms with Crippen LogP contribution in [-0.2, 0) is 14.3 Å². The van der Waals surface area contributed by atoms with Gasteiger partial charge < -0.3 is 20.3 Å². The van der Waals surface area contributed by atoms with Crippen molar-refractivity contribution in [2.45, 2.75) is 328 Å². The number of rotatable bonds is 53. The van der Waals surface area contributed by atoms with Crippen molar-refractivity contribution in [1.29, 1.82) is 0 Å². The molecule has 0 radical (unpaired) electrons. The van der Waals surface area contributed by atoms with Crippen molar-refractivity contribution in [1.82, 2.24) is 5.32 Å². The molecule has 2 atom stereocenters. The first-order valence-corrected chi connectivity index (χ1v) is 28.4.